The van der Waals surface area contributed by atoms with Crippen LogP contribution in [-0.4, -0.2) is 13.7 Å². The minimum atomic E-state index is 0.538. The SMILES string of the molecule is CCCC(CCN)c1ccccc1OC. The van der Waals surface area contributed by atoms with Crippen molar-refractivity contribution in [3.05, 3.63) is 29.8 Å². The van der Waals surface area contributed by atoms with E-state index in [2.05, 4.69) is 19.1 Å². The summed E-state index contributed by atoms with van der Waals surface area (Å²) in [6.45, 7) is 2.95. The summed E-state index contributed by atoms with van der Waals surface area (Å²) in [4.78, 5) is 0. The molecule has 2 N–H and O–H groups in total. The van der Waals surface area contributed by atoms with E-state index in [4.69, 9.17) is 10.5 Å². The first-order valence-corrected chi connectivity index (χ1v) is 5.66. The van der Waals surface area contributed by atoms with Gasteiger partial charge in [0.15, 0.2) is 0 Å². The first kappa shape index (κ1) is 12.1. The number of methoxy groups -OCH3 is 1. The van der Waals surface area contributed by atoms with Crippen LogP contribution in [0.3, 0.4) is 0 Å². The first-order chi connectivity index (χ1) is 7.33. The maximum atomic E-state index is 5.65. The van der Waals surface area contributed by atoms with Gasteiger partial charge in [-0.3, -0.25) is 0 Å². The number of benzene rings is 1. The molecule has 0 saturated heterocycles. The maximum Gasteiger partial charge on any atom is 0.122 e. The van der Waals surface area contributed by atoms with Gasteiger partial charge in [0.1, 0.15) is 5.75 Å². The Morgan fingerprint density at radius 3 is 2.60 bits per heavy atom. The quantitative estimate of drug-likeness (QED) is 0.778. The zero-order valence-corrected chi connectivity index (χ0v) is 9.70. The van der Waals surface area contributed by atoms with Gasteiger partial charge < -0.3 is 10.5 Å². The average molecular weight is 207 g/mol. The second-order valence-corrected chi connectivity index (χ2v) is 3.80. The largest absolute Gasteiger partial charge is 0.496 e. The molecule has 1 aromatic rings. The minimum Gasteiger partial charge on any atom is -0.496 e. The van der Waals surface area contributed by atoms with Crippen LogP contribution in [0.4, 0.5) is 0 Å². The Bertz CT molecular complexity index is 280. The van der Waals surface area contributed by atoms with Crippen molar-refractivity contribution in [2.75, 3.05) is 13.7 Å². The maximum absolute atomic E-state index is 5.65. The van der Waals surface area contributed by atoms with Gasteiger partial charge in [0, 0.05) is 0 Å². The zero-order chi connectivity index (χ0) is 11.1. The number of hydrogen-bond donors (Lipinski definition) is 1. The molecule has 0 spiro atoms. The fourth-order valence-corrected chi connectivity index (χ4v) is 2.01. The lowest BCUT2D eigenvalue weighted by molar-refractivity contribution is 0.401. The lowest BCUT2D eigenvalue weighted by atomic mass is 9.91. The van der Waals surface area contributed by atoms with E-state index in [-0.39, 0.29) is 0 Å². The Labute approximate surface area is 92.4 Å². The minimum absolute atomic E-state index is 0.538. The van der Waals surface area contributed by atoms with E-state index in [1.54, 1.807) is 7.11 Å². The van der Waals surface area contributed by atoms with E-state index >= 15 is 0 Å². The Kier molecular flexibility index (Phi) is 5.19. The van der Waals surface area contributed by atoms with E-state index in [0.29, 0.717) is 5.92 Å². The Morgan fingerprint density at radius 2 is 2.00 bits per heavy atom. The van der Waals surface area contributed by atoms with E-state index in [0.717, 1.165) is 18.7 Å². The Morgan fingerprint density at radius 1 is 1.27 bits per heavy atom. The lowest BCUT2D eigenvalue weighted by Crippen LogP contribution is -2.08. The highest BCUT2D eigenvalue weighted by Crippen LogP contribution is 2.31. The molecule has 0 heterocycles. The summed E-state index contributed by atoms with van der Waals surface area (Å²) in [7, 11) is 1.73. The smallest absolute Gasteiger partial charge is 0.122 e. The first-order valence-electron chi connectivity index (χ1n) is 5.66. The van der Waals surface area contributed by atoms with Crippen molar-refractivity contribution in [1.82, 2.24) is 0 Å². The second kappa shape index (κ2) is 6.46. The Hall–Kier alpha value is -1.02. The molecule has 0 amide bonds. The van der Waals surface area contributed by atoms with Crippen LogP contribution in [0.1, 0.15) is 37.7 Å². The molecule has 0 aliphatic carbocycles. The molecule has 0 fully saturated rings. The molecular formula is C13H21NO. The summed E-state index contributed by atoms with van der Waals surface area (Å²) in [5.74, 6) is 1.53. The molecule has 0 radical (unpaired) electrons. The van der Waals surface area contributed by atoms with Crippen molar-refractivity contribution in [2.24, 2.45) is 5.73 Å². The number of hydrogen-bond acceptors (Lipinski definition) is 2. The van der Waals surface area contributed by atoms with Gasteiger partial charge in [-0.1, -0.05) is 31.5 Å². The lowest BCUT2D eigenvalue weighted by Gasteiger charge is -2.18. The van der Waals surface area contributed by atoms with Crippen LogP contribution in [0.2, 0.25) is 0 Å². The molecule has 0 aromatic heterocycles. The predicted octanol–water partition coefficient (Wildman–Crippen LogP) is 2.93. The van der Waals surface area contributed by atoms with Crippen LogP contribution in [0.25, 0.3) is 0 Å². The van der Waals surface area contributed by atoms with E-state index in [1.807, 2.05) is 12.1 Å². The van der Waals surface area contributed by atoms with Gasteiger partial charge >= 0.3 is 0 Å². The van der Waals surface area contributed by atoms with Crippen LogP contribution in [0.15, 0.2) is 24.3 Å². The van der Waals surface area contributed by atoms with E-state index in [9.17, 15) is 0 Å². The molecule has 2 nitrogen and oxygen atoms in total. The van der Waals surface area contributed by atoms with Crippen molar-refractivity contribution in [1.29, 1.82) is 0 Å². The van der Waals surface area contributed by atoms with E-state index in [1.165, 1.54) is 18.4 Å². The third-order valence-corrected chi connectivity index (χ3v) is 2.73. The highest BCUT2D eigenvalue weighted by atomic mass is 16.5. The topological polar surface area (TPSA) is 35.2 Å². The molecule has 1 aromatic carbocycles. The zero-order valence-electron chi connectivity index (χ0n) is 9.70. The number of rotatable bonds is 6. The molecule has 0 bridgehead atoms. The molecule has 0 aliphatic rings. The summed E-state index contributed by atoms with van der Waals surface area (Å²) >= 11 is 0. The molecule has 1 atom stereocenters. The third-order valence-electron chi connectivity index (χ3n) is 2.73. The van der Waals surface area contributed by atoms with Gasteiger partial charge in [-0.05, 0) is 36.9 Å². The Balaban J connectivity index is 2.88. The van der Waals surface area contributed by atoms with Crippen molar-refractivity contribution in [3.63, 3.8) is 0 Å². The van der Waals surface area contributed by atoms with Crippen molar-refractivity contribution < 1.29 is 4.74 Å². The van der Waals surface area contributed by atoms with Gasteiger partial charge in [-0.15, -0.1) is 0 Å². The summed E-state index contributed by atoms with van der Waals surface area (Å²) in [5, 5.41) is 0. The van der Waals surface area contributed by atoms with Gasteiger partial charge in [0.05, 0.1) is 7.11 Å². The predicted molar refractivity (Wildman–Crippen MR) is 64.3 cm³/mol. The average Bonchev–Trinajstić information content (AvgIpc) is 2.29. The molecule has 1 unspecified atom stereocenters. The second-order valence-electron chi connectivity index (χ2n) is 3.80. The fourth-order valence-electron chi connectivity index (χ4n) is 2.01. The molecule has 2 heteroatoms. The number of ether oxygens (including phenoxy) is 1. The summed E-state index contributed by atoms with van der Waals surface area (Å²) in [6, 6.07) is 8.24. The van der Waals surface area contributed by atoms with Crippen molar-refractivity contribution in [2.45, 2.75) is 32.1 Å². The van der Waals surface area contributed by atoms with Gasteiger partial charge in [0.2, 0.25) is 0 Å². The number of para-hydroxylation sites is 1. The number of nitrogens with two attached hydrogens (primary N) is 1. The highest BCUT2D eigenvalue weighted by molar-refractivity contribution is 5.36. The summed E-state index contributed by atoms with van der Waals surface area (Å²) in [5.41, 5.74) is 6.95. The standard InChI is InChI=1S/C13H21NO/c1-3-6-11(9-10-14)12-7-4-5-8-13(12)15-2/h4-5,7-8,11H,3,6,9-10,14H2,1-2H3. The van der Waals surface area contributed by atoms with Gasteiger partial charge in [-0.2, -0.15) is 0 Å². The molecular weight excluding hydrogens is 186 g/mol. The molecule has 0 saturated carbocycles. The normalized spacial score (nSPS) is 12.5. The third kappa shape index (κ3) is 3.24. The fraction of sp³-hybridized carbons (Fsp3) is 0.538. The van der Waals surface area contributed by atoms with Crippen LogP contribution in [0.5, 0.6) is 5.75 Å². The molecule has 0 aliphatic heterocycles. The molecule has 84 valence electrons. The van der Waals surface area contributed by atoms with E-state index < -0.39 is 0 Å². The van der Waals surface area contributed by atoms with Crippen LogP contribution in [0, 0.1) is 0 Å². The monoisotopic (exact) mass is 207 g/mol. The molecule has 1 rings (SSSR count). The van der Waals surface area contributed by atoms with Crippen LogP contribution < -0.4 is 10.5 Å². The van der Waals surface area contributed by atoms with Gasteiger partial charge in [-0.25, -0.2) is 0 Å². The van der Waals surface area contributed by atoms with Crippen LogP contribution >= 0.6 is 0 Å². The van der Waals surface area contributed by atoms with Crippen molar-refractivity contribution in [3.8, 4) is 5.75 Å². The summed E-state index contributed by atoms with van der Waals surface area (Å²) in [6.07, 6.45) is 3.40. The van der Waals surface area contributed by atoms with Gasteiger partial charge in [0.25, 0.3) is 0 Å². The van der Waals surface area contributed by atoms with Crippen molar-refractivity contribution >= 4 is 0 Å². The van der Waals surface area contributed by atoms with Crippen LogP contribution in [-0.2, 0) is 0 Å². The highest BCUT2D eigenvalue weighted by Gasteiger charge is 2.13. The summed E-state index contributed by atoms with van der Waals surface area (Å²) < 4.78 is 5.38. The molecule has 15 heavy (non-hydrogen) atoms.